The maximum Gasteiger partial charge on any atom is 0.222 e. The molecule has 0 aliphatic heterocycles. The van der Waals surface area contributed by atoms with Gasteiger partial charge in [0.05, 0.1) is 0 Å². The van der Waals surface area contributed by atoms with Crippen molar-refractivity contribution >= 4 is 5.91 Å². The Morgan fingerprint density at radius 2 is 1.84 bits per heavy atom. The third-order valence-corrected chi connectivity index (χ3v) is 3.37. The van der Waals surface area contributed by atoms with Crippen LogP contribution in [0.3, 0.4) is 0 Å². The van der Waals surface area contributed by atoms with Crippen LogP contribution in [0.15, 0.2) is 30.3 Å². The minimum absolute atomic E-state index is 0.118. The first-order valence-corrected chi connectivity index (χ1v) is 6.90. The summed E-state index contributed by atoms with van der Waals surface area (Å²) < 4.78 is 0. The minimum Gasteiger partial charge on any atom is -0.349 e. The number of amides is 1. The molecule has 0 aliphatic carbocycles. The van der Waals surface area contributed by atoms with Crippen molar-refractivity contribution in [2.24, 2.45) is 0 Å². The van der Waals surface area contributed by atoms with Crippen LogP contribution in [-0.2, 0) is 10.2 Å². The van der Waals surface area contributed by atoms with Crippen molar-refractivity contribution in [1.29, 1.82) is 0 Å². The smallest absolute Gasteiger partial charge is 0.222 e. The van der Waals surface area contributed by atoms with E-state index in [1.165, 1.54) is 5.56 Å². The summed E-state index contributed by atoms with van der Waals surface area (Å²) in [5.41, 5.74) is 1.46. The summed E-state index contributed by atoms with van der Waals surface area (Å²) in [4.78, 5) is 13.1. The zero-order chi connectivity index (χ0) is 14.3. The summed E-state index contributed by atoms with van der Waals surface area (Å²) in [7, 11) is 3.60. The second-order valence-corrected chi connectivity index (χ2v) is 5.82. The van der Waals surface area contributed by atoms with Crippen molar-refractivity contribution in [3.63, 3.8) is 0 Å². The third-order valence-electron chi connectivity index (χ3n) is 3.37. The van der Waals surface area contributed by atoms with E-state index in [1.807, 2.05) is 6.07 Å². The summed E-state index contributed by atoms with van der Waals surface area (Å²) in [6.07, 6.45) is 1.51. The maximum atomic E-state index is 11.4. The zero-order valence-corrected chi connectivity index (χ0v) is 12.6. The molecule has 1 rings (SSSR count). The monoisotopic (exact) mass is 262 g/mol. The number of hydrogen-bond donors (Lipinski definition) is 1. The second-order valence-electron chi connectivity index (χ2n) is 5.82. The normalized spacial score (nSPS) is 11.4. The van der Waals surface area contributed by atoms with Gasteiger partial charge in [0.1, 0.15) is 0 Å². The Bertz CT molecular complexity index is 385. The van der Waals surface area contributed by atoms with Crippen LogP contribution in [0.25, 0.3) is 0 Å². The van der Waals surface area contributed by atoms with Gasteiger partial charge < -0.3 is 10.2 Å². The molecule has 0 fully saturated rings. The highest BCUT2D eigenvalue weighted by molar-refractivity contribution is 5.75. The molecule has 106 valence electrons. The molecular weight excluding hydrogens is 236 g/mol. The van der Waals surface area contributed by atoms with Gasteiger partial charge in [-0.1, -0.05) is 44.2 Å². The molecule has 19 heavy (non-hydrogen) atoms. The first-order valence-electron chi connectivity index (χ1n) is 6.90. The lowest BCUT2D eigenvalue weighted by atomic mass is 9.84. The maximum absolute atomic E-state index is 11.4. The highest BCUT2D eigenvalue weighted by Gasteiger charge is 2.19. The molecule has 0 aliphatic rings. The lowest BCUT2D eigenvalue weighted by Gasteiger charge is -2.25. The van der Waals surface area contributed by atoms with Crippen molar-refractivity contribution in [2.45, 2.75) is 32.1 Å². The standard InChI is InChI=1S/C16H26N2O/c1-16(2,14-9-6-5-7-10-14)13-17-12-8-11-15(19)18(3)4/h5-7,9-10,17H,8,11-13H2,1-4H3. The number of carbonyl (C=O) groups excluding carboxylic acids is 1. The van der Waals surface area contributed by atoms with Crippen LogP contribution in [0, 0.1) is 0 Å². The Morgan fingerprint density at radius 3 is 2.42 bits per heavy atom. The molecule has 0 bridgehead atoms. The van der Waals surface area contributed by atoms with Gasteiger partial charge >= 0.3 is 0 Å². The van der Waals surface area contributed by atoms with Gasteiger partial charge in [-0.15, -0.1) is 0 Å². The highest BCUT2D eigenvalue weighted by atomic mass is 16.2. The zero-order valence-electron chi connectivity index (χ0n) is 12.6. The van der Waals surface area contributed by atoms with E-state index in [-0.39, 0.29) is 11.3 Å². The molecule has 3 nitrogen and oxygen atoms in total. The van der Waals surface area contributed by atoms with Crippen LogP contribution in [0.4, 0.5) is 0 Å². The van der Waals surface area contributed by atoms with E-state index in [1.54, 1.807) is 19.0 Å². The van der Waals surface area contributed by atoms with Crippen molar-refractivity contribution < 1.29 is 4.79 Å². The summed E-state index contributed by atoms with van der Waals surface area (Å²) in [5, 5.41) is 3.45. The quantitative estimate of drug-likeness (QED) is 0.765. The molecule has 0 spiro atoms. The van der Waals surface area contributed by atoms with E-state index < -0.39 is 0 Å². The van der Waals surface area contributed by atoms with Gasteiger partial charge in [0.25, 0.3) is 0 Å². The number of benzene rings is 1. The number of rotatable bonds is 7. The van der Waals surface area contributed by atoms with E-state index in [9.17, 15) is 4.79 Å². The van der Waals surface area contributed by atoms with Gasteiger partial charge in [-0.05, 0) is 18.5 Å². The Hall–Kier alpha value is -1.35. The van der Waals surface area contributed by atoms with Crippen LogP contribution in [0.1, 0.15) is 32.3 Å². The predicted octanol–water partition coefficient (Wildman–Crippen LogP) is 2.42. The molecule has 0 atom stereocenters. The van der Waals surface area contributed by atoms with Crippen LogP contribution in [0.2, 0.25) is 0 Å². The molecule has 0 aromatic heterocycles. The summed E-state index contributed by atoms with van der Waals surface area (Å²) in [5.74, 6) is 0.198. The Labute approximate surface area is 117 Å². The molecule has 0 unspecified atom stereocenters. The molecule has 1 amide bonds. The van der Waals surface area contributed by atoms with Gasteiger partial charge in [-0.25, -0.2) is 0 Å². The number of nitrogens with zero attached hydrogens (tertiary/aromatic N) is 1. The van der Waals surface area contributed by atoms with Gasteiger partial charge in [0.15, 0.2) is 0 Å². The summed E-state index contributed by atoms with van der Waals surface area (Å²) in [6, 6.07) is 10.5. The van der Waals surface area contributed by atoms with Gasteiger partial charge in [-0.2, -0.15) is 0 Å². The fourth-order valence-electron chi connectivity index (χ4n) is 1.98. The second kappa shape index (κ2) is 7.29. The molecule has 1 aromatic carbocycles. The lowest BCUT2D eigenvalue weighted by molar-refractivity contribution is -0.128. The Morgan fingerprint density at radius 1 is 1.21 bits per heavy atom. The number of carbonyl (C=O) groups is 1. The highest BCUT2D eigenvalue weighted by Crippen LogP contribution is 2.21. The van der Waals surface area contributed by atoms with E-state index >= 15 is 0 Å². The SMILES string of the molecule is CN(C)C(=O)CCCNCC(C)(C)c1ccccc1. The van der Waals surface area contributed by atoms with Crippen LogP contribution >= 0.6 is 0 Å². The van der Waals surface area contributed by atoms with Crippen molar-refractivity contribution in [3.05, 3.63) is 35.9 Å². The predicted molar refractivity (Wildman–Crippen MR) is 80.3 cm³/mol. The average Bonchev–Trinajstić information content (AvgIpc) is 2.39. The van der Waals surface area contributed by atoms with Crippen molar-refractivity contribution in [1.82, 2.24) is 10.2 Å². The van der Waals surface area contributed by atoms with Gasteiger partial charge in [0.2, 0.25) is 5.91 Å². The molecule has 0 heterocycles. The third kappa shape index (κ3) is 5.43. The minimum atomic E-state index is 0.118. The molecule has 0 radical (unpaired) electrons. The van der Waals surface area contributed by atoms with E-state index in [4.69, 9.17) is 0 Å². The topological polar surface area (TPSA) is 32.3 Å². The molecule has 1 N–H and O–H groups in total. The van der Waals surface area contributed by atoms with E-state index in [2.05, 4.69) is 43.4 Å². The molecule has 3 heteroatoms. The van der Waals surface area contributed by atoms with Gasteiger partial charge in [0, 0.05) is 32.5 Å². The summed E-state index contributed by atoms with van der Waals surface area (Å²) >= 11 is 0. The summed E-state index contributed by atoms with van der Waals surface area (Å²) in [6.45, 7) is 6.28. The van der Waals surface area contributed by atoms with Crippen molar-refractivity contribution in [3.8, 4) is 0 Å². The molecule has 0 saturated heterocycles. The largest absolute Gasteiger partial charge is 0.349 e. The van der Waals surface area contributed by atoms with E-state index in [0.717, 1.165) is 19.5 Å². The van der Waals surface area contributed by atoms with Crippen LogP contribution in [-0.4, -0.2) is 38.0 Å². The average molecular weight is 262 g/mol. The number of nitrogens with one attached hydrogen (secondary N) is 1. The fraction of sp³-hybridized carbons (Fsp3) is 0.562. The number of hydrogen-bond acceptors (Lipinski definition) is 2. The molecule has 0 saturated carbocycles. The first kappa shape index (κ1) is 15.7. The van der Waals surface area contributed by atoms with Crippen molar-refractivity contribution in [2.75, 3.05) is 27.2 Å². The first-order chi connectivity index (χ1) is 8.93. The molecule has 1 aromatic rings. The Kier molecular flexibility index (Phi) is 6.03. The fourth-order valence-corrected chi connectivity index (χ4v) is 1.98. The molecular formula is C16H26N2O. The van der Waals surface area contributed by atoms with E-state index in [0.29, 0.717) is 6.42 Å². The van der Waals surface area contributed by atoms with Crippen LogP contribution < -0.4 is 5.32 Å². The van der Waals surface area contributed by atoms with Crippen LogP contribution in [0.5, 0.6) is 0 Å². The van der Waals surface area contributed by atoms with Gasteiger partial charge in [-0.3, -0.25) is 4.79 Å². The lowest BCUT2D eigenvalue weighted by Crippen LogP contribution is -2.34. The Balaban J connectivity index is 2.27.